The molecule has 0 spiro atoms. The molecule has 1 aromatic carbocycles. The van der Waals surface area contributed by atoms with E-state index in [1.165, 1.54) is 0 Å². The van der Waals surface area contributed by atoms with Gasteiger partial charge in [-0.3, -0.25) is 19.2 Å². The summed E-state index contributed by atoms with van der Waals surface area (Å²) in [5, 5.41) is 6.43. The van der Waals surface area contributed by atoms with Gasteiger partial charge in [-0.05, 0) is 89.8 Å². The Balaban J connectivity index is 1.65. The van der Waals surface area contributed by atoms with Crippen molar-refractivity contribution >= 4 is 23.4 Å². The molecule has 0 radical (unpaired) electrons. The smallest absolute Gasteiger partial charge is 0.223 e. The number of amides is 2. The van der Waals surface area contributed by atoms with Crippen LogP contribution < -0.4 is 10.6 Å². The number of ketones is 2. The second kappa shape index (κ2) is 11.4. The second-order valence-corrected chi connectivity index (χ2v) is 14.0. The number of carbonyl (C=O) groups is 4. The van der Waals surface area contributed by atoms with Crippen LogP contribution >= 0.6 is 0 Å². The third-order valence-electron chi connectivity index (χ3n) is 8.69. The Morgan fingerprint density at radius 3 is 1.56 bits per heavy atom. The molecule has 2 amide bonds. The first kappa shape index (κ1) is 30.8. The van der Waals surface area contributed by atoms with E-state index < -0.39 is 11.1 Å². The van der Waals surface area contributed by atoms with E-state index in [9.17, 15) is 19.2 Å². The van der Waals surface area contributed by atoms with Gasteiger partial charge in [-0.1, -0.05) is 51.6 Å². The molecular weight excluding hydrogens is 488 g/mol. The molecule has 6 nitrogen and oxygen atoms in total. The van der Waals surface area contributed by atoms with Gasteiger partial charge in [-0.25, -0.2) is 0 Å². The van der Waals surface area contributed by atoms with Gasteiger partial charge in [0.05, 0.1) is 11.1 Å². The zero-order chi connectivity index (χ0) is 29.3. The maximum absolute atomic E-state index is 13.2. The molecule has 2 aliphatic carbocycles. The van der Waals surface area contributed by atoms with Crippen LogP contribution in [0.2, 0.25) is 0 Å². The Hall–Kier alpha value is -2.76. The largest absolute Gasteiger partial charge is 0.347 e. The van der Waals surface area contributed by atoms with E-state index in [2.05, 4.69) is 17.2 Å². The number of hydrogen-bond donors (Lipinski definition) is 2. The predicted molar refractivity (Wildman–Crippen MR) is 155 cm³/mol. The van der Waals surface area contributed by atoms with Crippen molar-refractivity contribution in [2.45, 2.75) is 105 Å². The van der Waals surface area contributed by atoms with E-state index >= 15 is 0 Å². The van der Waals surface area contributed by atoms with Gasteiger partial charge >= 0.3 is 0 Å². The summed E-state index contributed by atoms with van der Waals surface area (Å²) < 4.78 is 0. The van der Waals surface area contributed by atoms with Gasteiger partial charge in [0.1, 0.15) is 5.78 Å². The summed E-state index contributed by atoms with van der Waals surface area (Å²) in [5.74, 6) is -0.247. The maximum Gasteiger partial charge on any atom is 0.223 e. The molecule has 3 rings (SSSR count). The molecular formula is C33H48N2O4. The monoisotopic (exact) mass is 536 g/mol. The fraction of sp³-hybridized carbons (Fsp3) is 0.636. The van der Waals surface area contributed by atoms with Crippen LogP contribution in [0.4, 0.5) is 0 Å². The van der Waals surface area contributed by atoms with Crippen LogP contribution in [-0.2, 0) is 30.3 Å². The number of Topliss-reactive ketones (excluding diaryl/α,β-unsaturated/α-hetero) is 2. The first-order chi connectivity index (χ1) is 17.9. The van der Waals surface area contributed by atoms with Crippen LogP contribution in [0, 0.1) is 29.1 Å². The number of nitrogens with one attached hydrogen (secondary N) is 2. The van der Waals surface area contributed by atoms with Crippen molar-refractivity contribution in [1.82, 2.24) is 10.6 Å². The number of allylic oxidation sites excluding steroid dienone is 1. The van der Waals surface area contributed by atoms with Crippen molar-refractivity contribution in [2.75, 3.05) is 0 Å². The summed E-state index contributed by atoms with van der Waals surface area (Å²) in [7, 11) is 0. The van der Waals surface area contributed by atoms with E-state index in [1.54, 1.807) is 6.92 Å². The minimum atomic E-state index is -0.629. The van der Waals surface area contributed by atoms with Gasteiger partial charge in [0.15, 0.2) is 5.78 Å². The van der Waals surface area contributed by atoms with Gasteiger partial charge in [0, 0.05) is 29.1 Å². The fourth-order valence-electron chi connectivity index (χ4n) is 6.14. The highest BCUT2D eigenvalue weighted by Gasteiger charge is 2.40. The SMILES string of the molecule is C=C(C)C(=O)C1CCC(C(=O)NC(C)(C)c2cccc(C(C)(C)NC(=O)C3CCC(C(=O)C(C)(C)C)C3)c2)C1. The minimum absolute atomic E-state index is 0.0118. The summed E-state index contributed by atoms with van der Waals surface area (Å²) in [6, 6.07) is 7.98. The Kier molecular flexibility index (Phi) is 8.98. The van der Waals surface area contributed by atoms with Crippen molar-refractivity contribution in [3.8, 4) is 0 Å². The van der Waals surface area contributed by atoms with Gasteiger partial charge in [-0.2, -0.15) is 0 Å². The van der Waals surface area contributed by atoms with Crippen molar-refractivity contribution in [1.29, 1.82) is 0 Å². The van der Waals surface area contributed by atoms with E-state index in [4.69, 9.17) is 0 Å². The lowest BCUT2D eigenvalue weighted by molar-refractivity contribution is -0.131. The molecule has 2 fully saturated rings. The standard InChI is InChI=1S/C33H48N2O4/c1-20(2)27(36)21-13-15-23(17-21)29(38)34-32(6,7)25-11-10-12-26(19-25)33(8,9)35-30(39)24-16-14-22(18-24)28(37)31(3,4)5/h10-12,19,21-24H,1,13-18H2,2-9H3,(H,34,38)(H,35,39). The van der Waals surface area contributed by atoms with Crippen molar-refractivity contribution in [3.63, 3.8) is 0 Å². The normalized spacial score (nSPS) is 23.8. The second-order valence-electron chi connectivity index (χ2n) is 14.0. The summed E-state index contributed by atoms with van der Waals surface area (Å²) >= 11 is 0. The average Bonchev–Trinajstić information content (AvgIpc) is 3.52. The molecule has 0 aliphatic heterocycles. The molecule has 4 atom stereocenters. The van der Waals surface area contributed by atoms with Gasteiger partial charge in [0.25, 0.3) is 0 Å². The summed E-state index contributed by atoms with van der Waals surface area (Å²) in [5.41, 5.74) is 0.804. The molecule has 39 heavy (non-hydrogen) atoms. The Morgan fingerprint density at radius 1 is 0.718 bits per heavy atom. The molecule has 2 aliphatic rings. The van der Waals surface area contributed by atoms with Gasteiger partial charge in [0.2, 0.25) is 11.8 Å². The lowest BCUT2D eigenvalue weighted by Crippen LogP contribution is -2.45. The molecule has 0 aromatic heterocycles. The molecule has 2 saturated carbocycles. The van der Waals surface area contributed by atoms with E-state index in [-0.39, 0.29) is 52.5 Å². The zero-order valence-corrected chi connectivity index (χ0v) is 25.2. The minimum Gasteiger partial charge on any atom is -0.347 e. The summed E-state index contributed by atoms with van der Waals surface area (Å²) in [4.78, 5) is 51.4. The molecule has 2 N–H and O–H groups in total. The molecule has 0 saturated heterocycles. The van der Waals surface area contributed by atoms with E-state index in [0.29, 0.717) is 24.8 Å². The summed E-state index contributed by atoms with van der Waals surface area (Å²) in [6.45, 7) is 19.3. The van der Waals surface area contributed by atoms with Crippen molar-refractivity contribution < 1.29 is 19.2 Å². The molecule has 0 bridgehead atoms. The van der Waals surface area contributed by atoms with Crippen LogP contribution in [0.3, 0.4) is 0 Å². The molecule has 4 unspecified atom stereocenters. The highest BCUT2D eigenvalue weighted by molar-refractivity contribution is 5.96. The number of carbonyl (C=O) groups excluding carboxylic acids is 4. The van der Waals surface area contributed by atoms with Crippen LogP contribution in [0.5, 0.6) is 0 Å². The third-order valence-corrected chi connectivity index (χ3v) is 8.69. The Bertz CT molecular complexity index is 1140. The quantitative estimate of drug-likeness (QED) is 0.380. The topological polar surface area (TPSA) is 92.3 Å². The van der Waals surface area contributed by atoms with Gasteiger partial charge in [-0.15, -0.1) is 0 Å². The van der Waals surface area contributed by atoms with Crippen LogP contribution in [0.1, 0.15) is 105 Å². The highest BCUT2D eigenvalue weighted by Crippen LogP contribution is 2.37. The fourth-order valence-corrected chi connectivity index (χ4v) is 6.14. The average molecular weight is 537 g/mol. The number of rotatable bonds is 9. The highest BCUT2D eigenvalue weighted by atomic mass is 16.2. The molecule has 214 valence electrons. The third kappa shape index (κ3) is 7.26. The molecule has 1 aromatic rings. The molecule has 6 heteroatoms. The van der Waals surface area contributed by atoms with Crippen molar-refractivity contribution in [2.24, 2.45) is 29.1 Å². The number of hydrogen-bond acceptors (Lipinski definition) is 4. The Labute approximate surface area is 234 Å². The number of benzene rings is 1. The first-order valence-electron chi connectivity index (χ1n) is 14.4. The molecule has 0 heterocycles. The lowest BCUT2D eigenvalue weighted by Gasteiger charge is -2.32. The lowest BCUT2D eigenvalue weighted by atomic mass is 9.82. The zero-order valence-electron chi connectivity index (χ0n) is 25.2. The predicted octanol–water partition coefficient (Wildman–Crippen LogP) is 5.98. The van der Waals surface area contributed by atoms with E-state index in [1.807, 2.05) is 72.7 Å². The van der Waals surface area contributed by atoms with Crippen molar-refractivity contribution in [3.05, 3.63) is 47.5 Å². The maximum atomic E-state index is 13.2. The van der Waals surface area contributed by atoms with Gasteiger partial charge < -0.3 is 10.6 Å². The van der Waals surface area contributed by atoms with E-state index in [0.717, 1.165) is 30.4 Å². The van der Waals surface area contributed by atoms with Crippen LogP contribution in [0.15, 0.2) is 36.4 Å². The Morgan fingerprint density at radius 2 is 1.13 bits per heavy atom. The summed E-state index contributed by atoms with van der Waals surface area (Å²) in [6.07, 6.45) is 4.09. The van der Waals surface area contributed by atoms with Crippen LogP contribution in [-0.4, -0.2) is 23.4 Å². The van der Waals surface area contributed by atoms with Crippen LogP contribution in [0.25, 0.3) is 0 Å². The first-order valence-corrected chi connectivity index (χ1v) is 14.4.